The van der Waals surface area contributed by atoms with E-state index in [1.807, 2.05) is 36.4 Å². The van der Waals surface area contributed by atoms with Crippen LogP contribution in [-0.2, 0) is 21.5 Å². The van der Waals surface area contributed by atoms with Crippen molar-refractivity contribution in [2.45, 2.75) is 37.6 Å². The van der Waals surface area contributed by atoms with Gasteiger partial charge in [0.15, 0.2) is 0 Å². The molecule has 148 valence electrons. The van der Waals surface area contributed by atoms with Crippen LogP contribution in [0.3, 0.4) is 0 Å². The minimum absolute atomic E-state index is 0. The molecule has 2 aromatic carbocycles. The highest BCUT2D eigenvalue weighted by Gasteiger charge is 2.50. The van der Waals surface area contributed by atoms with Gasteiger partial charge in [-0.1, -0.05) is 60.7 Å². The average Bonchev–Trinajstić information content (AvgIpc) is 2.71. The van der Waals surface area contributed by atoms with Crippen LogP contribution in [0.25, 0.3) is 0 Å². The fourth-order valence-corrected chi connectivity index (χ4v) is 4.79. The van der Waals surface area contributed by atoms with Crippen molar-refractivity contribution in [1.29, 1.82) is 0 Å². The summed E-state index contributed by atoms with van der Waals surface area (Å²) in [6.45, 7) is 2.92. The van der Waals surface area contributed by atoms with Gasteiger partial charge in [-0.15, -0.1) is 12.4 Å². The van der Waals surface area contributed by atoms with E-state index < -0.39 is 5.41 Å². The van der Waals surface area contributed by atoms with Crippen molar-refractivity contribution < 1.29 is 9.59 Å². The number of amides is 2. The Labute approximate surface area is 172 Å². The quantitative estimate of drug-likeness (QED) is 0.799. The van der Waals surface area contributed by atoms with E-state index in [1.54, 1.807) is 0 Å². The second kappa shape index (κ2) is 8.89. The van der Waals surface area contributed by atoms with Crippen LogP contribution in [0, 0.1) is 5.92 Å². The number of carbonyl (C=O) groups excluding carboxylic acids is 2. The minimum atomic E-state index is -0.575. The van der Waals surface area contributed by atoms with Gasteiger partial charge in [0.25, 0.3) is 0 Å². The maximum absolute atomic E-state index is 13.1. The van der Waals surface area contributed by atoms with E-state index >= 15 is 0 Å². The third-order valence-corrected chi connectivity index (χ3v) is 6.23. The molecule has 5 heteroatoms. The molecule has 1 unspecified atom stereocenters. The number of nitrogens with zero attached hydrogens (tertiary/aromatic N) is 1. The van der Waals surface area contributed by atoms with Crippen molar-refractivity contribution in [3.63, 3.8) is 0 Å². The molecule has 1 atom stereocenters. The third kappa shape index (κ3) is 3.98. The molecule has 2 aromatic rings. The Hall–Kier alpha value is -2.17. The molecule has 4 nitrogen and oxygen atoms in total. The summed E-state index contributed by atoms with van der Waals surface area (Å²) < 4.78 is 0. The van der Waals surface area contributed by atoms with Crippen LogP contribution >= 0.6 is 12.4 Å². The molecule has 2 amide bonds. The van der Waals surface area contributed by atoms with Gasteiger partial charge in [-0.3, -0.25) is 19.8 Å². The van der Waals surface area contributed by atoms with Gasteiger partial charge in [0.05, 0.1) is 5.41 Å². The number of imide groups is 1. The van der Waals surface area contributed by atoms with Crippen LogP contribution in [0.5, 0.6) is 0 Å². The van der Waals surface area contributed by atoms with Gasteiger partial charge >= 0.3 is 0 Å². The number of carbonyl (C=O) groups is 2. The molecule has 4 rings (SSSR count). The molecule has 1 N–H and O–H groups in total. The Morgan fingerprint density at radius 3 is 2.14 bits per heavy atom. The van der Waals surface area contributed by atoms with E-state index in [4.69, 9.17) is 0 Å². The van der Waals surface area contributed by atoms with E-state index in [-0.39, 0.29) is 30.1 Å². The zero-order valence-electron chi connectivity index (χ0n) is 16.0. The number of halogens is 1. The monoisotopic (exact) mass is 398 g/mol. The SMILES string of the molecule is Cl.O=C1CCC(c2ccccc2)(C2CCN(Cc3ccccc3)CC2)C(=O)N1. The van der Waals surface area contributed by atoms with Crippen molar-refractivity contribution in [2.75, 3.05) is 13.1 Å². The molecule has 2 saturated heterocycles. The predicted octanol–water partition coefficient (Wildman–Crippen LogP) is 3.70. The van der Waals surface area contributed by atoms with Crippen molar-refractivity contribution in [3.8, 4) is 0 Å². The van der Waals surface area contributed by atoms with Crippen molar-refractivity contribution >= 4 is 24.2 Å². The fourth-order valence-electron chi connectivity index (χ4n) is 4.79. The van der Waals surface area contributed by atoms with Crippen molar-refractivity contribution in [2.24, 2.45) is 5.92 Å². The van der Waals surface area contributed by atoms with E-state index in [0.29, 0.717) is 12.8 Å². The summed E-state index contributed by atoms with van der Waals surface area (Å²) in [5.41, 5.74) is 1.81. The number of benzene rings is 2. The van der Waals surface area contributed by atoms with E-state index in [9.17, 15) is 9.59 Å². The smallest absolute Gasteiger partial charge is 0.237 e. The second-order valence-electron chi connectivity index (χ2n) is 7.75. The zero-order valence-corrected chi connectivity index (χ0v) is 16.8. The fraction of sp³-hybridized carbons (Fsp3) is 0.391. The van der Waals surface area contributed by atoms with Gasteiger partial charge in [-0.25, -0.2) is 0 Å². The lowest BCUT2D eigenvalue weighted by molar-refractivity contribution is -0.140. The Balaban J connectivity index is 0.00000225. The summed E-state index contributed by atoms with van der Waals surface area (Å²) in [5.74, 6) is 0.0135. The van der Waals surface area contributed by atoms with Gasteiger partial charge in [0, 0.05) is 13.0 Å². The van der Waals surface area contributed by atoms with Crippen LogP contribution in [0.1, 0.15) is 36.8 Å². The number of hydrogen-bond acceptors (Lipinski definition) is 3. The number of nitrogens with one attached hydrogen (secondary N) is 1. The van der Waals surface area contributed by atoms with Gasteiger partial charge < -0.3 is 0 Å². The molecule has 0 radical (unpaired) electrons. The molecular weight excluding hydrogens is 372 g/mol. The lowest BCUT2D eigenvalue weighted by Gasteiger charge is -2.45. The molecule has 2 aliphatic rings. The summed E-state index contributed by atoms with van der Waals surface area (Å²) in [7, 11) is 0. The van der Waals surface area contributed by atoms with Crippen molar-refractivity contribution in [1.82, 2.24) is 10.2 Å². The first kappa shape index (κ1) is 20.6. The van der Waals surface area contributed by atoms with Gasteiger partial charge in [-0.05, 0) is 49.4 Å². The predicted molar refractivity (Wildman–Crippen MR) is 112 cm³/mol. The Morgan fingerprint density at radius 2 is 1.54 bits per heavy atom. The van der Waals surface area contributed by atoms with Crippen LogP contribution < -0.4 is 5.32 Å². The number of hydrogen-bond donors (Lipinski definition) is 1. The lowest BCUT2D eigenvalue weighted by Crippen LogP contribution is -2.57. The molecule has 28 heavy (non-hydrogen) atoms. The third-order valence-electron chi connectivity index (χ3n) is 6.23. The van der Waals surface area contributed by atoms with Crippen molar-refractivity contribution in [3.05, 3.63) is 71.8 Å². The summed E-state index contributed by atoms with van der Waals surface area (Å²) in [5, 5.41) is 2.63. The topological polar surface area (TPSA) is 49.4 Å². The zero-order chi connectivity index (χ0) is 18.7. The van der Waals surface area contributed by atoms with E-state index in [2.05, 4.69) is 34.5 Å². The molecule has 0 aromatic heterocycles. The summed E-state index contributed by atoms with van der Waals surface area (Å²) in [4.78, 5) is 27.3. The first-order valence-corrected chi connectivity index (χ1v) is 9.84. The maximum Gasteiger partial charge on any atom is 0.237 e. The molecule has 0 aliphatic carbocycles. The Kier molecular flexibility index (Phi) is 6.53. The molecule has 0 bridgehead atoms. The van der Waals surface area contributed by atoms with Crippen LogP contribution in [0.2, 0.25) is 0 Å². The number of rotatable bonds is 4. The van der Waals surface area contributed by atoms with E-state index in [0.717, 1.165) is 38.0 Å². The second-order valence-corrected chi connectivity index (χ2v) is 7.75. The van der Waals surface area contributed by atoms with Crippen LogP contribution in [0.15, 0.2) is 60.7 Å². The molecular formula is C23H27ClN2O2. The van der Waals surface area contributed by atoms with Crippen LogP contribution in [-0.4, -0.2) is 29.8 Å². The summed E-state index contributed by atoms with van der Waals surface area (Å²) >= 11 is 0. The Bertz CT molecular complexity index is 804. The molecule has 2 aliphatic heterocycles. The highest BCUT2D eigenvalue weighted by Crippen LogP contribution is 2.44. The highest BCUT2D eigenvalue weighted by molar-refractivity contribution is 6.03. The van der Waals surface area contributed by atoms with Gasteiger partial charge in [-0.2, -0.15) is 0 Å². The molecule has 2 fully saturated rings. The molecule has 0 saturated carbocycles. The Morgan fingerprint density at radius 1 is 0.929 bits per heavy atom. The summed E-state index contributed by atoms with van der Waals surface area (Å²) in [6.07, 6.45) is 2.99. The maximum atomic E-state index is 13.1. The average molecular weight is 399 g/mol. The minimum Gasteiger partial charge on any atom is -0.299 e. The standard InChI is InChI=1S/C23H26N2O2.ClH/c26-21-11-14-23(22(27)24-21,19-9-5-2-6-10-19)20-12-15-25(16-13-20)17-18-7-3-1-4-8-18;/h1-10,20H,11-17H2,(H,24,26,27);1H. The number of piperidine rings is 2. The van der Waals surface area contributed by atoms with Gasteiger partial charge in [0.1, 0.15) is 0 Å². The first-order valence-electron chi connectivity index (χ1n) is 9.84. The first-order chi connectivity index (χ1) is 13.2. The van der Waals surface area contributed by atoms with Gasteiger partial charge in [0.2, 0.25) is 11.8 Å². The molecule has 0 spiro atoms. The molecule has 2 heterocycles. The van der Waals surface area contributed by atoms with Crippen LogP contribution in [0.4, 0.5) is 0 Å². The number of likely N-dealkylation sites (tertiary alicyclic amines) is 1. The normalized spacial score (nSPS) is 23.7. The summed E-state index contributed by atoms with van der Waals surface area (Å²) in [6, 6.07) is 20.6. The largest absolute Gasteiger partial charge is 0.299 e. The highest BCUT2D eigenvalue weighted by atomic mass is 35.5. The van der Waals surface area contributed by atoms with E-state index in [1.165, 1.54) is 5.56 Å². The lowest BCUT2D eigenvalue weighted by atomic mass is 9.62.